The molecule has 2 aliphatic heterocycles. The van der Waals surface area contributed by atoms with Crippen molar-refractivity contribution in [2.75, 3.05) is 0 Å². The molecule has 0 spiro atoms. The molecule has 38 heavy (non-hydrogen) atoms. The number of nitrogens with one attached hydrogen (secondary N) is 1. The van der Waals surface area contributed by atoms with E-state index >= 15 is 0 Å². The summed E-state index contributed by atoms with van der Waals surface area (Å²) >= 11 is 0. The number of halogens is 3. The van der Waals surface area contributed by atoms with Gasteiger partial charge >= 0.3 is 6.18 Å². The van der Waals surface area contributed by atoms with E-state index in [0.29, 0.717) is 6.92 Å². The van der Waals surface area contributed by atoms with Crippen molar-refractivity contribution >= 4 is 17.8 Å². The Hall–Kier alpha value is -3.85. The zero-order valence-corrected chi connectivity index (χ0v) is 19.4. The number of ether oxygens (including phenoxy) is 2. The Morgan fingerprint density at radius 1 is 1.00 bits per heavy atom. The van der Waals surface area contributed by atoms with Crippen molar-refractivity contribution in [2.24, 2.45) is 0 Å². The van der Waals surface area contributed by atoms with Gasteiger partial charge in [-0.2, -0.15) is 13.2 Å². The summed E-state index contributed by atoms with van der Waals surface area (Å²) in [6.45, 7) is 0.651. The highest BCUT2D eigenvalue weighted by Gasteiger charge is 2.49. The molecule has 7 N–H and O–H groups in total. The van der Waals surface area contributed by atoms with E-state index in [9.17, 15) is 53.4 Å². The van der Waals surface area contributed by atoms with Crippen LogP contribution in [0.15, 0.2) is 36.1 Å². The lowest BCUT2D eigenvalue weighted by Crippen LogP contribution is -2.60. The van der Waals surface area contributed by atoms with Crippen LogP contribution in [0.2, 0.25) is 0 Å². The number of phenols is 3. The van der Waals surface area contributed by atoms with Crippen molar-refractivity contribution in [3.05, 3.63) is 52.8 Å². The van der Waals surface area contributed by atoms with Crippen LogP contribution in [-0.4, -0.2) is 79.0 Å². The van der Waals surface area contributed by atoms with E-state index in [1.807, 2.05) is 0 Å². The molecule has 2 aliphatic rings. The maximum absolute atomic E-state index is 12.9. The first-order chi connectivity index (χ1) is 17.7. The van der Waals surface area contributed by atoms with Gasteiger partial charge in [-0.1, -0.05) is 6.07 Å². The summed E-state index contributed by atoms with van der Waals surface area (Å²) < 4.78 is 49.4. The van der Waals surface area contributed by atoms with Crippen LogP contribution in [0.5, 0.6) is 23.0 Å². The van der Waals surface area contributed by atoms with E-state index in [0.717, 1.165) is 18.2 Å². The third-order valence-electron chi connectivity index (χ3n) is 6.14. The van der Waals surface area contributed by atoms with E-state index in [2.05, 4.69) is 0 Å². The largest absolute Gasteiger partial charge is 0.507 e. The second-order valence-electron chi connectivity index (χ2n) is 8.82. The molecule has 1 fully saturated rings. The Kier molecular flexibility index (Phi) is 7.01. The van der Waals surface area contributed by atoms with Gasteiger partial charge in [-0.3, -0.25) is 9.59 Å². The third-order valence-corrected chi connectivity index (χ3v) is 6.14. The molecule has 0 aromatic heterocycles. The molecule has 1 saturated heterocycles. The lowest BCUT2D eigenvalue weighted by atomic mass is 9.89. The number of allylic oxidation sites excluding steroid dienone is 1. The number of aromatic hydroxyl groups is 3. The van der Waals surface area contributed by atoms with Gasteiger partial charge in [0.25, 0.3) is 5.91 Å². The van der Waals surface area contributed by atoms with Gasteiger partial charge in [-0.25, -0.2) is 0 Å². The lowest BCUT2D eigenvalue weighted by Gasteiger charge is -2.40. The molecule has 0 bridgehead atoms. The smallest absolute Gasteiger partial charge is 0.408 e. The Morgan fingerprint density at radius 3 is 2.32 bits per heavy atom. The van der Waals surface area contributed by atoms with E-state index in [1.54, 1.807) is 5.32 Å². The number of carbonyl (C=O) groups is 2. The normalized spacial score (nSPS) is 27.1. The number of ketones is 1. The van der Waals surface area contributed by atoms with Gasteiger partial charge in [-0.15, -0.1) is 0 Å². The Morgan fingerprint density at radius 2 is 1.68 bits per heavy atom. The van der Waals surface area contributed by atoms with Gasteiger partial charge < -0.3 is 45.4 Å². The van der Waals surface area contributed by atoms with Crippen molar-refractivity contribution in [3.63, 3.8) is 0 Å². The number of carbonyl (C=O) groups excluding carboxylic acids is 2. The number of benzene rings is 2. The Bertz CT molecular complexity index is 1310. The molecule has 14 heteroatoms. The highest BCUT2D eigenvalue weighted by atomic mass is 19.4. The van der Waals surface area contributed by atoms with Crippen LogP contribution >= 0.6 is 0 Å². The molecule has 6 unspecified atom stereocenters. The number of hydrogen-bond donors (Lipinski definition) is 7. The highest BCUT2D eigenvalue weighted by Crippen LogP contribution is 2.43. The molecule has 2 aromatic rings. The second-order valence-corrected chi connectivity index (χ2v) is 8.82. The van der Waals surface area contributed by atoms with Crippen LogP contribution < -0.4 is 10.1 Å². The number of phenolic OH excluding ortho intramolecular Hbond substituents is 3. The van der Waals surface area contributed by atoms with Crippen molar-refractivity contribution in [1.29, 1.82) is 0 Å². The molecule has 204 valence electrons. The quantitative estimate of drug-likeness (QED) is 0.218. The van der Waals surface area contributed by atoms with Gasteiger partial charge in [0.05, 0.1) is 5.56 Å². The van der Waals surface area contributed by atoms with Crippen LogP contribution in [0.3, 0.4) is 0 Å². The zero-order valence-electron chi connectivity index (χ0n) is 19.4. The number of aliphatic hydroxyl groups excluding tert-OH is 3. The summed E-state index contributed by atoms with van der Waals surface area (Å²) in [6, 6.07) is 3.45. The van der Waals surface area contributed by atoms with Crippen LogP contribution in [0.1, 0.15) is 34.5 Å². The van der Waals surface area contributed by atoms with Gasteiger partial charge in [0.1, 0.15) is 42.0 Å². The fraction of sp³-hybridized carbons (Fsp3) is 0.333. The summed E-state index contributed by atoms with van der Waals surface area (Å²) in [5.74, 6) is -3.92. The molecule has 2 heterocycles. The number of amides is 1. The average molecular weight is 541 g/mol. The SMILES string of the molecule is CC(NC(=O)C1OC(c2cc3c(cc2O)O/C(=C\c2ccc(O)c(O)c2)C3=O)C(O)C(O)C1O)C(F)(F)F. The molecule has 0 radical (unpaired) electrons. The fourth-order valence-electron chi connectivity index (χ4n) is 3.98. The minimum Gasteiger partial charge on any atom is -0.507 e. The minimum absolute atomic E-state index is 0.107. The number of Topliss-reactive ketones (excluding diaryl/α,β-unsaturated/α-hetero) is 1. The predicted molar refractivity (Wildman–Crippen MR) is 120 cm³/mol. The third kappa shape index (κ3) is 4.98. The molecule has 0 aliphatic carbocycles. The number of rotatable bonds is 4. The first kappa shape index (κ1) is 27.2. The number of aliphatic hydroxyl groups is 3. The molecule has 4 rings (SSSR count). The van der Waals surface area contributed by atoms with Gasteiger partial charge in [-0.05, 0) is 36.8 Å². The summed E-state index contributed by atoms with van der Waals surface area (Å²) in [4.78, 5) is 25.3. The van der Waals surface area contributed by atoms with Crippen LogP contribution in [-0.2, 0) is 9.53 Å². The Labute approximate surface area is 212 Å². The second kappa shape index (κ2) is 9.79. The summed E-state index contributed by atoms with van der Waals surface area (Å²) in [6.07, 6.45) is -13.5. The summed E-state index contributed by atoms with van der Waals surface area (Å²) in [5, 5.41) is 62.2. The maximum atomic E-state index is 12.9. The lowest BCUT2D eigenvalue weighted by molar-refractivity contribution is -0.225. The number of alkyl halides is 3. The summed E-state index contributed by atoms with van der Waals surface area (Å²) in [5.41, 5.74) is -0.162. The molecule has 1 amide bonds. The van der Waals surface area contributed by atoms with Gasteiger partial charge in [0, 0.05) is 11.6 Å². The van der Waals surface area contributed by atoms with Gasteiger partial charge in [0.15, 0.2) is 23.4 Å². The fourth-order valence-corrected chi connectivity index (χ4v) is 3.98. The van der Waals surface area contributed by atoms with Gasteiger partial charge in [0.2, 0.25) is 5.78 Å². The van der Waals surface area contributed by atoms with Crippen molar-refractivity contribution < 1.29 is 62.9 Å². The molecule has 6 atom stereocenters. The van der Waals surface area contributed by atoms with Crippen molar-refractivity contribution in [1.82, 2.24) is 5.32 Å². The standard InChI is InChI=1S/C24H22F3NO10/c1-8(24(25,26)27)28-23(36)22-20(35)18(33)19(34)21(38-22)10-6-11-15(7-13(10)30)37-16(17(11)32)5-9-2-3-12(29)14(31)4-9/h2-8,18-22,29-31,33-35H,1H3,(H,28,36)/b16-5-. The molecular formula is C24H22F3NO10. The topological polar surface area (TPSA) is 186 Å². The molecular weight excluding hydrogens is 519 g/mol. The molecule has 0 saturated carbocycles. The Balaban J connectivity index is 1.63. The van der Waals surface area contributed by atoms with Crippen LogP contribution in [0, 0.1) is 0 Å². The van der Waals surface area contributed by atoms with Crippen LogP contribution in [0.4, 0.5) is 13.2 Å². The monoisotopic (exact) mass is 541 g/mol. The summed E-state index contributed by atoms with van der Waals surface area (Å²) in [7, 11) is 0. The van der Waals surface area contributed by atoms with E-state index in [4.69, 9.17) is 9.47 Å². The average Bonchev–Trinajstić information content (AvgIpc) is 3.13. The van der Waals surface area contributed by atoms with Crippen molar-refractivity contribution in [3.8, 4) is 23.0 Å². The van der Waals surface area contributed by atoms with E-state index in [1.165, 1.54) is 18.2 Å². The highest BCUT2D eigenvalue weighted by molar-refractivity contribution is 6.14. The zero-order chi connectivity index (χ0) is 28.1. The predicted octanol–water partition coefficient (Wildman–Crippen LogP) is 1.01. The van der Waals surface area contributed by atoms with E-state index < -0.39 is 65.9 Å². The van der Waals surface area contributed by atoms with Crippen LogP contribution in [0.25, 0.3) is 6.08 Å². The molecule has 11 nitrogen and oxygen atoms in total. The molecule has 2 aromatic carbocycles. The number of hydrogen-bond acceptors (Lipinski definition) is 10. The maximum Gasteiger partial charge on any atom is 0.408 e. The first-order valence-corrected chi connectivity index (χ1v) is 11.1. The van der Waals surface area contributed by atoms with E-state index in [-0.39, 0.29) is 33.9 Å². The first-order valence-electron chi connectivity index (χ1n) is 11.1. The minimum atomic E-state index is -4.81. The van der Waals surface area contributed by atoms with Crippen molar-refractivity contribution in [2.45, 2.75) is 49.7 Å². The number of fused-ring (bicyclic) bond motifs is 1.